The molecule has 1 N–H and O–H groups in total. The van der Waals surface area contributed by atoms with Crippen molar-refractivity contribution in [3.05, 3.63) is 35.4 Å². The van der Waals surface area contributed by atoms with Crippen molar-refractivity contribution in [3.63, 3.8) is 0 Å². The summed E-state index contributed by atoms with van der Waals surface area (Å²) in [5.41, 5.74) is 0.959. The lowest BCUT2D eigenvalue weighted by atomic mass is 10.1. The number of aromatic carboxylic acids is 1. The molecule has 0 atom stereocenters. The lowest BCUT2D eigenvalue weighted by molar-refractivity contribution is -0.142. The van der Waals surface area contributed by atoms with E-state index >= 15 is 0 Å². The van der Waals surface area contributed by atoms with Crippen LogP contribution in [0.2, 0.25) is 0 Å². The van der Waals surface area contributed by atoms with Crippen molar-refractivity contribution in [2.75, 3.05) is 6.61 Å². The zero-order valence-corrected chi connectivity index (χ0v) is 8.40. The molecule has 0 bridgehead atoms. The smallest absolute Gasteiger partial charge is 0.335 e. The Kier molecular flexibility index (Phi) is 3.85. The third kappa shape index (κ3) is 3.42. The lowest BCUT2D eigenvalue weighted by Crippen LogP contribution is -2.07. The summed E-state index contributed by atoms with van der Waals surface area (Å²) in [5.74, 6) is -1.28. The van der Waals surface area contributed by atoms with Crippen molar-refractivity contribution < 1.29 is 19.4 Å². The topological polar surface area (TPSA) is 63.6 Å². The molecule has 0 saturated carbocycles. The first-order valence-corrected chi connectivity index (χ1v) is 4.61. The maximum atomic E-state index is 11.1. The number of carbonyl (C=O) groups is 2. The van der Waals surface area contributed by atoms with Crippen LogP contribution in [0.25, 0.3) is 0 Å². The molecule has 0 saturated heterocycles. The van der Waals surface area contributed by atoms with E-state index in [4.69, 9.17) is 9.84 Å². The summed E-state index contributed by atoms with van der Waals surface area (Å²) in [6.45, 7) is 2.09. The number of benzene rings is 1. The summed E-state index contributed by atoms with van der Waals surface area (Å²) >= 11 is 0. The van der Waals surface area contributed by atoms with Gasteiger partial charge >= 0.3 is 11.9 Å². The fourth-order valence-electron chi connectivity index (χ4n) is 1.14. The van der Waals surface area contributed by atoms with Gasteiger partial charge in [-0.25, -0.2) is 4.79 Å². The number of rotatable bonds is 4. The second-order valence-corrected chi connectivity index (χ2v) is 2.98. The number of carboxylic acids is 1. The minimum absolute atomic E-state index is 0.174. The predicted molar refractivity (Wildman–Crippen MR) is 53.7 cm³/mol. The zero-order valence-electron chi connectivity index (χ0n) is 8.40. The van der Waals surface area contributed by atoms with Crippen LogP contribution in [-0.2, 0) is 16.0 Å². The number of ether oxygens (including phenoxy) is 1. The summed E-state index contributed by atoms with van der Waals surface area (Å²) < 4.78 is 4.77. The summed E-state index contributed by atoms with van der Waals surface area (Å²) in [6, 6.07) is 6.16. The molecule has 0 fully saturated rings. The van der Waals surface area contributed by atoms with Crippen LogP contribution in [0, 0.1) is 0 Å². The monoisotopic (exact) mass is 208 g/mol. The summed E-state index contributed by atoms with van der Waals surface area (Å²) in [5, 5.41) is 8.65. The van der Waals surface area contributed by atoms with Crippen molar-refractivity contribution in [1.82, 2.24) is 0 Å². The van der Waals surface area contributed by atoms with Gasteiger partial charge in [-0.15, -0.1) is 0 Å². The van der Waals surface area contributed by atoms with Gasteiger partial charge in [0.15, 0.2) is 0 Å². The second kappa shape index (κ2) is 5.14. The molecule has 80 valence electrons. The molecule has 0 amide bonds. The van der Waals surface area contributed by atoms with Gasteiger partial charge in [0, 0.05) is 0 Å². The van der Waals surface area contributed by atoms with Crippen LogP contribution in [0.5, 0.6) is 0 Å². The number of hydrogen-bond acceptors (Lipinski definition) is 3. The maximum Gasteiger partial charge on any atom is 0.335 e. The normalized spacial score (nSPS) is 9.67. The molecule has 0 aromatic heterocycles. The molecule has 0 aliphatic rings. The quantitative estimate of drug-likeness (QED) is 0.761. The minimum atomic E-state index is -0.974. The van der Waals surface area contributed by atoms with Crippen molar-refractivity contribution >= 4 is 11.9 Å². The van der Waals surface area contributed by atoms with Gasteiger partial charge in [-0.05, 0) is 24.6 Å². The van der Waals surface area contributed by atoms with E-state index in [9.17, 15) is 9.59 Å². The van der Waals surface area contributed by atoms with Crippen LogP contribution in [0.3, 0.4) is 0 Å². The van der Waals surface area contributed by atoms with Crippen molar-refractivity contribution in [2.24, 2.45) is 0 Å². The molecule has 1 rings (SSSR count). The highest BCUT2D eigenvalue weighted by Crippen LogP contribution is 2.05. The van der Waals surface area contributed by atoms with E-state index < -0.39 is 5.97 Å². The van der Waals surface area contributed by atoms with Crippen LogP contribution < -0.4 is 0 Å². The van der Waals surface area contributed by atoms with E-state index in [1.807, 2.05) is 0 Å². The molecule has 4 nitrogen and oxygen atoms in total. The van der Waals surface area contributed by atoms with E-state index in [1.165, 1.54) is 12.1 Å². The Bertz CT molecular complexity index is 353. The highest BCUT2D eigenvalue weighted by molar-refractivity contribution is 5.87. The van der Waals surface area contributed by atoms with E-state index in [0.29, 0.717) is 6.61 Å². The van der Waals surface area contributed by atoms with Crippen LogP contribution in [0.15, 0.2) is 24.3 Å². The molecular weight excluding hydrogens is 196 g/mol. The molecule has 0 unspecified atom stereocenters. The SMILES string of the molecule is CCOC(=O)Cc1ccc(C(=O)O)cc1. The highest BCUT2D eigenvalue weighted by Gasteiger charge is 2.05. The van der Waals surface area contributed by atoms with E-state index in [-0.39, 0.29) is 18.0 Å². The molecule has 4 heteroatoms. The van der Waals surface area contributed by atoms with Crippen LogP contribution in [-0.4, -0.2) is 23.7 Å². The Morgan fingerprint density at radius 1 is 1.27 bits per heavy atom. The Labute approximate surface area is 87.5 Å². The number of hydrogen-bond donors (Lipinski definition) is 1. The molecule has 0 spiro atoms. The lowest BCUT2D eigenvalue weighted by Gasteiger charge is -2.02. The predicted octanol–water partition coefficient (Wildman–Crippen LogP) is 1.49. The van der Waals surface area contributed by atoms with Crippen LogP contribution in [0.1, 0.15) is 22.8 Å². The van der Waals surface area contributed by atoms with E-state index in [0.717, 1.165) is 5.56 Å². The standard InChI is InChI=1S/C11H12O4/c1-2-15-10(12)7-8-3-5-9(6-4-8)11(13)14/h3-6H,2,7H2,1H3,(H,13,14). The van der Waals surface area contributed by atoms with Gasteiger partial charge in [0.05, 0.1) is 18.6 Å². The fourth-order valence-corrected chi connectivity index (χ4v) is 1.14. The first-order chi connectivity index (χ1) is 7.13. The van der Waals surface area contributed by atoms with Crippen molar-refractivity contribution in [2.45, 2.75) is 13.3 Å². The first-order valence-electron chi connectivity index (χ1n) is 4.61. The highest BCUT2D eigenvalue weighted by atomic mass is 16.5. The summed E-state index contributed by atoms with van der Waals surface area (Å²) in [6.07, 6.45) is 0.174. The van der Waals surface area contributed by atoms with Crippen molar-refractivity contribution in [3.8, 4) is 0 Å². The average molecular weight is 208 g/mol. The molecule has 1 aromatic carbocycles. The Morgan fingerprint density at radius 3 is 2.33 bits per heavy atom. The minimum Gasteiger partial charge on any atom is -0.478 e. The third-order valence-electron chi connectivity index (χ3n) is 1.85. The molecule has 15 heavy (non-hydrogen) atoms. The summed E-state index contributed by atoms with van der Waals surface area (Å²) in [4.78, 5) is 21.6. The van der Waals surface area contributed by atoms with Gasteiger partial charge < -0.3 is 9.84 Å². The average Bonchev–Trinajstić information content (AvgIpc) is 2.18. The molecule has 0 aliphatic carbocycles. The molecule has 0 aliphatic heterocycles. The van der Waals surface area contributed by atoms with Gasteiger partial charge in [-0.3, -0.25) is 4.79 Å². The van der Waals surface area contributed by atoms with Crippen LogP contribution in [0.4, 0.5) is 0 Å². The first kappa shape index (κ1) is 11.2. The molecule has 0 heterocycles. The molecule has 0 radical (unpaired) electrons. The number of carbonyl (C=O) groups excluding carboxylic acids is 1. The van der Waals surface area contributed by atoms with Gasteiger partial charge in [0.1, 0.15) is 0 Å². The molecule has 1 aromatic rings. The van der Waals surface area contributed by atoms with Gasteiger partial charge in [0.2, 0.25) is 0 Å². The Morgan fingerprint density at radius 2 is 1.87 bits per heavy atom. The Hall–Kier alpha value is -1.84. The maximum absolute atomic E-state index is 11.1. The van der Waals surface area contributed by atoms with Gasteiger partial charge in [-0.1, -0.05) is 12.1 Å². The number of carboxylic acid groups (broad SMARTS) is 1. The number of esters is 1. The summed E-state index contributed by atoms with van der Waals surface area (Å²) in [7, 11) is 0. The fraction of sp³-hybridized carbons (Fsp3) is 0.273. The van der Waals surface area contributed by atoms with Gasteiger partial charge in [0.25, 0.3) is 0 Å². The van der Waals surface area contributed by atoms with Crippen LogP contribution >= 0.6 is 0 Å². The largest absolute Gasteiger partial charge is 0.478 e. The Balaban J connectivity index is 2.64. The van der Waals surface area contributed by atoms with E-state index in [2.05, 4.69) is 0 Å². The van der Waals surface area contributed by atoms with Crippen molar-refractivity contribution in [1.29, 1.82) is 0 Å². The molecular formula is C11H12O4. The van der Waals surface area contributed by atoms with Gasteiger partial charge in [-0.2, -0.15) is 0 Å². The second-order valence-electron chi connectivity index (χ2n) is 2.98. The third-order valence-corrected chi connectivity index (χ3v) is 1.85. The zero-order chi connectivity index (χ0) is 11.3. The van der Waals surface area contributed by atoms with E-state index in [1.54, 1.807) is 19.1 Å².